The van der Waals surface area contributed by atoms with Crippen molar-refractivity contribution < 1.29 is 9.90 Å². The van der Waals surface area contributed by atoms with Crippen molar-refractivity contribution in [3.8, 4) is 5.69 Å². The van der Waals surface area contributed by atoms with Crippen LogP contribution < -0.4 is 11.3 Å². The highest BCUT2D eigenvalue weighted by Crippen LogP contribution is 2.03. The fourth-order valence-electron chi connectivity index (χ4n) is 1.27. The molecule has 17 heavy (non-hydrogen) atoms. The maximum Gasteiger partial charge on any atom is 0.375 e. The van der Waals surface area contributed by atoms with E-state index >= 15 is 0 Å². The lowest BCUT2D eigenvalue weighted by Gasteiger charge is -2.05. The molecule has 0 spiro atoms. The standard InChI is InChI=1S/C10H8N4O3/c11-7-9(15)14(6-4-2-1-3-5-6)13-8(12-7)10(16)17/h1-5H,(H,16,17)(H2,11,12,13). The number of hydrogen-bond donors (Lipinski definition) is 2. The Hall–Kier alpha value is -2.70. The fourth-order valence-corrected chi connectivity index (χ4v) is 1.27. The van der Waals surface area contributed by atoms with E-state index in [1.54, 1.807) is 30.3 Å². The molecule has 0 atom stereocenters. The molecule has 7 heteroatoms. The summed E-state index contributed by atoms with van der Waals surface area (Å²) in [6.07, 6.45) is 0. The van der Waals surface area contributed by atoms with E-state index in [4.69, 9.17) is 10.8 Å². The van der Waals surface area contributed by atoms with Gasteiger partial charge in [-0.25, -0.2) is 4.79 Å². The summed E-state index contributed by atoms with van der Waals surface area (Å²) in [6, 6.07) is 8.37. The van der Waals surface area contributed by atoms with Crippen LogP contribution in [0.25, 0.3) is 5.69 Å². The van der Waals surface area contributed by atoms with Crippen LogP contribution in [-0.2, 0) is 0 Å². The van der Waals surface area contributed by atoms with Gasteiger partial charge in [0.1, 0.15) is 0 Å². The third-order valence-corrected chi connectivity index (χ3v) is 2.02. The maximum atomic E-state index is 11.7. The third kappa shape index (κ3) is 1.98. The molecule has 0 bridgehead atoms. The number of aromatic carboxylic acids is 1. The Kier molecular flexibility index (Phi) is 2.57. The molecule has 1 aromatic carbocycles. The zero-order chi connectivity index (χ0) is 12.4. The average molecular weight is 232 g/mol. The Balaban J connectivity index is 2.70. The van der Waals surface area contributed by atoms with Crippen molar-refractivity contribution in [3.63, 3.8) is 0 Å². The lowest BCUT2D eigenvalue weighted by atomic mass is 10.3. The zero-order valence-corrected chi connectivity index (χ0v) is 8.57. The van der Waals surface area contributed by atoms with Gasteiger partial charge in [0.15, 0.2) is 5.82 Å². The van der Waals surface area contributed by atoms with E-state index in [0.29, 0.717) is 5.69 Å². The molecule has 0 aliphatic rings. The zero-order valence-electron chi connectivity index (χ0n) is 8.57. The van der Waals surface area contributed by atoms with Gasteiger partial charge >= 0.3 is 11.5 Å². The lowest BCUT2D eigenvalue weighted by Crippen LogP contribution is -2.28. The predicted octanol–water partition coefficient (Wildman–Crippen LogP) is -0.0921. The molecule has 0 aliphatic heterocycles. The van der Waals surface area contributed by atoms with E-state index in [0.717, 1.165) is 4.68 Å². The van der Waals surface area contributed by atoms with Crippen LogP contribution in [-0.4, -0.2) is 25.8 Å². The first-order valence-corrected chi connectivity index (χ1v) is 4.65. The number of benzene rings is 1. The van der Waals surface area contributed by atoms with Crippen LogP contribution in [0.3, 0.4) is 0 Å². The van der Waals surface area contributed by atoms with Crippen LogP contribution in [0.15, 0.2) is 35.1 Å². The second-order valence-electron chi connectivity index (χ2n) is 3.18. The Bertz CT molecular complexity index is 621. The van der Waals surface area contributed by atoms with Gasteiger partial charge in [0.2, 0.25) is 0 Å². The minimum Gasteiger partial charge on any atom is -0.475 e. The minimum atomic E-state index is -1.35. The van der Waals surface area contributed by atoms with Crippen molar-refractivity contribution in [3.05, 3.63) is 46.5 Å². The molecule has 1 heterocycles. The summed E-state index contributed by atoms with van der Waals surface area (Å²) >= 11 is 0. The third-order valence-electron chi connectivity index (χ3n) is 2.02. The molecule has 2 aromatic rings. The number of para-hydroxylation sites is 1. The molecule has 7 nitrogen and oxygen atoms in total. The molecule has 86 valence electrons. The lowest BCUT2D eigenvalue weighted by molar-refractivity contribution is 0.0681. The molecule has 0 saturated heterocycles. The van der Waals surface area contributed by atoms with Crippen molar-refractivity contribution in [2.75, 3.05) is 5.73 Å². The van der Waals surface area contributed by atoms with Gasteiger partial charge in [-0.15, -0.1) is 5.10 Å². The molecular weight excluding hydrogens is 224 g/mol. The molecule has 0 amide bonds. The van der Waals surface area contributed by atoms with Gasteiger partial charge in [0.05, 0.1) is 5.69 Å². The number of carboxylic acids is 1. The molecule has 2 rings (SSSR count). The van der Waals surface area contributed by atoms with Crippen LogP contribution in [0.5, 0.6) is 0 Å². The first-order valence-electron chi connectivity index (χ1n) is 4.65. The van der Waals surface area contributed by atoms with Crippen molar-refractivity contribution in [1.29, 1.82) is 0 Å². The highest BCUT2D eigenvalue weighted by atomic mass is 16.4. The summed E-state index contributed by atoms with van der Waals surface area (Å²) in [5.74, 6) is -2.27. The summed E-state index contributed by atoms with van der Waals surface area (Å²) in [4.78, 5) is 25.8. The van der Waals surface area contributed by atoms with E-state index in [9.17, 15) is 9.59 Å². The van der Waals surface area contributed by atoms with Crippen molar-refractivity contribution >= 4 is 11.8 Å². The Morgan fingerprint density at radius 2 is 1.94 bits per heavy atom. The SMILES string of the molecule is Nc1nc(C(=O)O)nn(-c2ccccc2)c1=O. The van der Waals surface area contributed by atoms with E-state index in [2.05, 4.69) is 10.1 Å². The highest BCUT2D eigenvalue weighted by molar-refractivity contribution is 5.83. The van der Waals surface area contributed by atoms with Crippen LogP contribution in [0, 0.1) is 0 Å². The van der Waals surface area contributed by atoms with Crippen LogP contribution in [0.2, 0.25) is 0 Å². The predicted molar refractivity (Wildman–Crippen MR) is 59.0 cm³/mol. The summed E-state index contributed by atoms with van der Waals surface area (Å²) in [5.41, 5.74) is 5.12. The largest absolute Gasteiger partial charge is 0.475 e. The number of hydrogen-bond acceptors (Lipinski definition) is 5. The molecule has 0 unspecified atom stereocenters. The molecule has 0 aliphatic carbocycles. The van der Waals surface area contributed by atoms with Gasteiger partial charge in [-0.05, 0) is 12.1 Å². The van der Waals surface area contributed by atoms with E-state index in [1.807, 2.05) is 0 Å². The number of nitrogen functional groups attached to an aromatic ring is 1. The molecule has 0 radical (unpaired) electrons. The molecule has 1 aromatic heterocycles. The number of nitrogens with zero attached hydrogens (tertiary/aromatic N) is 3. The van der Waals surface area contributed by atoms with Crippen LogP contribution in [0.1, 0.15) is 10.6 Å². The van der Waals surface area contributed by atoms with Gasteiger partial charge < -0.3 is 10.8 Å². The number of anilines is 1. The van der Waals surface area contributed by atoms with Gasteiger partial charge in [-0.2, -0.15) is 9.67 Å². The van der Waals surface area contributed by atoms with E-state index in [1.165, 1.54) is 0 Å². The fraction of sp³-hybridized carbons (Fsp3) is 0. The number of rotatable bonds is 2. The normalized spacial score (nSPS) is 10.1. The molecule has 0 saturated carbocycles. The Morgan fingerprint density at radius 1 is 1.29 bits per heavy atom. The van der Waals surface area contributed by atoms with Gasteiger partial charge in [0, 0.05) is 0 Å². The second-order valence-corrected chi connectivity index (χ2v) is 3.18. The maximum absolute atomic E-state index is 11.7. The summed E-state index contributed by atoms with van der Waals surface area (Å²) in [5, 5.41) is 12.4. The van der Waals surface area contributed by atoms with Gasteiger partial charge in [0.25, 0.3) is 5.82 Å². The van der Waals surface area contributed by atoms with E-state index < -0.39 is 23.2 Å². The highest BCUT2D eigenvalue weighted by Gasteiger charge is 2.13. The molecular formula is C10H8N4O3. The quantitative estimate of drug-likeness (QED) is 0.748. The number of nitrogens with two attached hydrogens (primary N) is 1. The van der Waals surface area contributed by atoms with Gasteiger partial charge in [-0.3, -0.25) is 4.79 Å². The Labute approximate surface area is 95.1 Å². The topological polar surface area (TPSA) is 111 Å². The summed E-state index contributed by atoms with van der Waals surface area (Å²) in [6.45, 7) is 0. The Morgan fingerprint density at radius 3 is 2.53 bits per heavy atom. The van der Waals surface area contributed by atoms with Crippen LogP contribution in [0.4, 0.5) is 5.82 Å². The number of aromatic nitrogens is 3. The second kappa shape index (κ2) is 4.05. The molecule has 0 fully saturated rings. The van der Waals surface area contributed by atoms with Crippen molar-refractivity contribution in [1.82, 2.24) is 14.8 Å². The van der Waals surface area contributed by atoms with E-state index in [-0.39, 0.29) is 0 Å². The monoisotopic (exact) mass is 232 g/mol. The first kappa shape index (κ1) is 10.8. The molecule has 3 N–H and O–H groups in total. The average Bonchev–Trinajstić information content (AvgIpc) is 2.33. The van der Waals surface area contributed by atoms with Crippen molar-refractivity contribution in [2.24, 2.45) is 0 Å². The smallest absolute Gasteiger partial charge is 0.375 e. The van der Waals surface area contributed by atoms with Crippen molar-refractivity contribution in [2.45, 2.75) is 0 Å². The van der Waals surface area contributed by atoms with Gasteiger partial charge in [-0.1, -0.05) is 18.2 Å². The first-order chi connectivity index (χ1) is 8.09. The minimum absolute atomic E-state index is 0.402. The van der Waals surface area contributed by atoms with Crippen LogP contribution >= 0.6 is 0 Å². The number of carbonyl (C=O) groups is 1. The summed E-state index contributed by atoms with van der Waals surface area (Å²) in [7, 11) is 0. The summed E-state index contributed by atoms with van der Waals surface area (Å²) < 4.78 is 0.909. The number of carboxylic acid groups (broad SMARTS) is 1.